The molecule has 1 fully saturated rings. The number of nitrogens with zero attached hydrogens (tertiary/aromatic N) is 1. The highest BCUT2D eigenvalue weighted by Gasteiger charge is 2.47. The van der Waals surface area contributed by atoms with Crippen LogP contribution in [-0.4, -0.2) is 5.88 Å². The van der Waals surface area contributed by atoms with Gasteiger partial charge in [0.05, 0.1) is 6.07 Å². The molecule has 2 aromatic rings. The van der Waals surface area contributed by atoms with E-state index in [1.54, 1.807) is 0 Å². The summed E-state index contributed by atoms with van der Waals surface area (Å²) in [5.74, 6) is 3.14. The molecule has 2 aromatic carbocycles. The molecule has 28 heavy (non-hydrogen) atoms. The zero-order valence-corrected chi connectivity index (χ0v) is 17.3. The summed E-state index contributed by atoms with van der Waals surface area (Å²) in [6.07, 6.45) is 5.12. The van der Waals surface area contributed by atoms with Crippen molar-refractivity contribution in [1.82, 2.24) is 0 Å². The van der Waals surface area contributed by atoms with Gasteiger partial charge in [0.1, 0.15) is 12.4 Å². The molecule has 0 aromatic heterocycles. The lowest BCUT2D eigenvalue weighted by molar-refractivity contribution is 0.0523. The summed E-state index contributed by atoms with van der Waals surface area (Å²) >= 11 is 6.36. The monoisotopic (exact) mass is 393 g/mol. The fourth-order valence-corrected chi connectivity index (χ4v) is 5.78. The van der Waals surface area contributed by atoms with Crippen molar-refractivity contribution in [3.8, 4) is 11.8 Å². The molecule has 0 bridgehead atoms. The topological polar surface area (TPSA) is 33.0 Å². The zero-order valence-electron chi connectivity index (χ0n) is 16.5. The van der Waals surface area contributed by atoms with Crippen LogP contribution in [0.3, 0.4) is 0 Å². The van der Waals surface area contributed by atoms with E-state index in [1.807, 2.05) is 18.2 Å². The van der Waals surface area contributed by atoms with Crippen molar-refractivity contribution in [3.63, 3.8) is 0 Å². The molecule has 0 N–H and O–H groups in total. The number of hydrogen-bond donors (Lipinski definition) is 0. The first-order chi connectivity index (χ1) is 13.6. The second kappa shape index (κ2) is 8.18. The quantitative estimate of drug-likeness (QED) is 0.544. The maximum atomic E-state index is 9.41. The molecule has 2 aliphatic rings. The Labute approximate surface area is 173 Å². The summed E-state index contributed by atoms with van der Waals surface area (Å²) in [6.45, 7) is 2.89. The van der Waals surface area contributed by atoms with Crippen LogP contribution in [0.5, 0.6) is 5.75 Å². The molecular weight excluding hydrogens is 366 g/mol. The number of aryl methyl sites for hydroxylation is 1. The van der Waals surface area contributed by atoms with E-state index in [4.69, 9.17) is 16.3 Å². The minimum Gasteiger partial charge on any atom is -0.489 e. The fraction of sp³-hybridized carbons (Fsp3) is 0.480. The Morgan fingerprint density at radius 1 is 1.18 bits per heavy atom. The lowest BCUT2D eigenvalue weighted by atomic mass is 9.54. The van der Waals surface area contributed by atoms with Crippen molar-refractivity contribution >= 4 is 11.6 Å². The number of halogens is 1. The third-order valence-electron chi connectivity index (χ3n) is 7.08. The van der Waals surface area contributed by atoms with Gasteiger partial charge in [-0.15, -0.1) is 11.6 Å². The van der Waals surface area contributed by atoms with Gasteiger partial charge >= 0.3 is 0 Å². The molecule has 0 saturated heterocycles. The first kappa shape index (κ1) is 19.3. The Kier molecular flexibility index (Phi) is 5.65. The molecule has 0 unspecified atom stereocenters. The molecule has 1 saturated carbocycles. The van der Waals surface area contributed by atoms with Gasteiger partial charge in [-0.25, -0.2) is 0 Å². The first-order valence-corrected chi connectivity index (χ1v) is 10.9. The van der Waals surface area contributed by atoms with Gasteiger partial charge in [-0.1, -0.05) is 43.3 Å². The van der Waals surface area contributed by atoms with Gasteiger partial charge < -0.3 is 4.74 Å². The summed E-state index contributed by atoms with van der Waals surface area (Å²) in [7, 11) is 0. The minimum absolute atomic E-state index is 0.0920. The first-order valence-electron chi connectivity index (χ1n) is 10.4. The van der Waals surface area contributed by atoms with Gasteiger partial charge in [0.2, 0.25) is 0 Å². The average Bonchev–Trinajstić information content (AvgIpc) is 2.74. The summed E-state index contributed by atoms with van der Waals surface area (Å²) in [6, 6.07) is 19.4. The molecule has 0 amide bonds. The van der Waals surface area contributed by atoms with E-state index in [1.165, 1.54) is 23.1 Å². The highest BCUT2D eigenvalue weighted by atomic mass is 35.5. The second-order valence-corrected chi connectivity index (χ2v) is 9.01. The standard InChI is InChI=1S/C25H28ClNO/c1-25(17-26)13-11-22-21-10-8-20(28-16-18-5-3-2-4-6-18)15-19(21)7-9-23(22)24(25)12-14-27/h2-6,8,10,15,22-24H,7,9,11-13,16-17H2,1H3/t22-,23-,24+,25-/m1/s1. The fourth-order valence-electron chi connectivity index (χ4n) is 5.45. The lowest BCUT2D eigenvalue weighted by Crippen LogP contribution is -2.43. The smallest absolute Gasteiger partial charge is 0.120 e. The highest BCUT2D eigenvalue weighted by Crippen LogP contribution is 2.56. The summed E-state index contributed by atoms with van der Waals surface area (Å²) in [5, 5.41) is 9.41. The van der Waals surface area contributed by atoms with Gasteiger partial charge in [0, 0.05) is 12.3 Å². The Hall–Kier alpha value is -1.98. The van der Waals surface area contributed by atoms with Crippen LogP contribution < -0.4 is 4.74 Å². The predicted molar refractivity (Wildman–Crippen MR) is 114 cm³/mol. The predicted octanol–water partition coefficient (Wildman–Crippen LogP) is 6.48. The molecular formula is C25H28ClNO. The van der Waals surface area contributed by atoms with Crippen molar-refractivity contribution in [2.45, 2.75) is 51.6 Å². The van der Waals surface area contributed by atoms with Crippen LogP contribution >= 0.6 is 11.6 Å². The van der Waals surface area contributed by atoms with Crippen molar-refractivity contribution in [3.05, 3.63) is 65.2 Å². The Morgan fingerprint density at radius 3 is 2.75 bits per heavy atom. The van der Waals surface area contributed by atoms with Crippen LogP contribution in [0, 0.1) is 28.6 Å². The zero-order chi connectivity index (χ0) is 19.6. The van der Waals surface area contributed by atoms with E-state index in [0.29, 0.717) is 36.7 Å². The van der Waals surface area contributed by atoms with E-state index in [-0.39, 0.29) is 5.41 Å². The number of hydrogen-bond acceptors (Lipinski definition) is 2. The number of rotatable bonds is 5. The minimum atomic E-state index is 0.0920. The van der Waals surface area contributed by atoms with Gasteiger partial charge in [0.25, 0.3) is 0 Å². The van der Waals surface area contributed by atoms with Gasteiger partial charge in [-0.05, 0) is 77.7 Å². The van der Waals surface area contributed by atoms with E-state index < -0.39 is 0 Å². The van der Waals surface area contributed by atoms with Crippen molar-refractivity contribution in [2.75, 3.05) is 5.88 Å². The molecule has 0 heterocycles. The van der Waals surface area contributed by atoms with Crippen LogP contribution in [0.25, 0.3) is 0 Å². The molecule has 4 atom stereocenters. The van der Waals surface area contributed by atoms with Crippen LogP contribution in [0.2, 0.25) is 0 Å². The molecule has 2 nitrogen and oxygen atoms in total. The second-order valence-electron chi connectivity index (χ2n) is 8.74. The Bertz CT molecular complexity index is 859. The SMILES string of the molecule is C[C@]1(CCl)CC[C@@H]2c3ccc(OCc4ccccc4)cc3CC[C@H]2[C@@H]1CC#N. The van der Waals surface area contributed by atoms with Gasteiger partial charge in [-0.3, -0.25) is 0 Å². The number of benzene rings is 2. The molecule has 0 aliphatic heterocycles. The maximum Gasteiger partial charge on any atom is 0.120 e. The average molecular weight is 394 g/mol. The van der Waals surface area contributed by atoms with Gasteiger partial charge in [-0.2, -0.15) is 5.26 Å². The van der Waals surface area contributed by atoms with Crippen LogP contribution in [0.4, 0.5) is 0 Å². The summed E-state index contributed by atoms with van der Waals surface area (Å²) in [5.41, 5.74) is 4.18. The molecule has 4 rings (SSSR count). The third kappa shape index (κ3) is 3.65. The number of alkyl halides is 1. The van der Waals surface area contributed by atoms with E-state index in [9.17, 15) is 5.26 Å². The summed E-state index contributed by atoms with van der Waals surface area (Å²) in [4.78, 5) is 0. The normalized spacial score (nSPS) is 28.7. The number of fused-ring (bicyclic) bond motifs is 3. The van der Waals surface area contributed by atoms with Crippen molar-refractivity contribution < 1.29 is 4.74 Å². The highest BCUT2D eigenvalue weighted by molar-refractivity contribution is 6.18. The molecule has 0 spiro atoms. The Morgan fingerprint density at radius 2 is 2.00 bits per heavy atom. The van der Waals surface area contributed by atoms with E-state index in [0.717, 1.165) is 25.0 Å². The van der Waals surface area contributed by atoms with Crippen molar-refractivity contribution in [2.24, 2.45) is 17.3 Å². The molecule has 2 aliphatic carbocycles. The van der Waals surface area contributed by atoms with E-state index in [2.05, 4.69) is 43.3 Å². The molecule has 146 valence electrons. The van der Waals surface area contributed by atoms with Crippen molar-refractivity contribution in [1.29, 1.82) is 5.26 Å². The maximum absolute atomic E-state index is 9.41. The third-order valence-corrected chi connectivity index (χ3v) is 7.69. The molecule has 0 radical (unpaired) electrons. The largest absolute Gasteiger partial charge is 0.489 e. The number of ether oxygens (including phenoxy) is 1. The molecule has 3 heteroatoms. The lowest BCUT2D eigenvalue weighted by Gasteiger charge is -2.50. The van der Waals surface area contributed by atoms with E-state index >= 15 is 0 Å². The van der Waals surface area contributed by atoms with Gasteiger partial charge in [0.15, 0.2) is 0 Å². The Balaban J connectivity index is 1.53. The summed E-state index contributed by atoms with van der Waals surface area (Å²) < 4.78 is 6.04. The number of nitriles is 1. The van der Waals surface area contributed by atoms with Crippen LogP contribution in [-0.2, 0) is 13.0 Å². The van der Waals surface area contributed by atoms with Crippen LogP contribution in [0.1, 0.15) is 55.2 Å². The van der Waals surface area contributed by atoms with Crippen LogP contribution in [0.15, 0.2) is 48.5 Å².